The number of benzene rings is 1. The first-order valence-corrected chi connectivity index (χ1v) is 8.27. The van der Waals surface area contributed by atoms with Gasteiger partial charge in [-0.25, -0.2) is 13.1 Å². The van der Waals surface area contributed by atoms with Gasteiger partial charge >= 0.3 is 0 Å². The lowest BCUT2D eigenvalue weighted by molar-refractivity contribution is 0.414. The van der Waals surface area contributed by atoms with Crippen LogP contribution in [0.4, 0.5) is 0 Å². The van der Waals surface area contributed by atoms with E-state index in [-0.39, 0.29) is 4.90 Å². The molecule has 1 N–H and O–H groups in total. The van der Waals surface area contributed by atoms with Crippen molar-refractivity contribution in [3.63, 3.8) is 0 Å². The molecule has 1 aromatic rings. The molecular formula is C13H18ClNO3S. The summed E-state index contributed by atoms with van der Waals surface area (Å²) >= 11 is 5.96. The van der Waals surface area contributed by atoms with Crippen molar-refractivity contribution in [3.05, 3.63) is 24.3 Å². The molecule has 1 saturated carbocycles. The molecule has 1 aromatic carbocycles. The van der Waals surface area contributed by atoms with Gasteiger partial charge in [0.2, 0.25) is 10.0 Å². The minimum atomic E-state index is -3.53. The van der Waals surface area contributed by atoms with Crippen molar-refractivity contribution in [2.24, 2.45) is 0 Å². The Morgan fingerprint density at radius 3 is 2.32 bits per heavy atom. The number of hydrogen-bond acceptors (Lipinski definition) is 3. The molecule has 4 nitrogen and oxygen atoms in total. The molecule has 106 valence electrons. The topological polar surface area (TPSA) is 55.4 Å². The SMILES string of the molecule is COc1ccc(S(=O)(=O)NC2(CCl)CCCC2)cc1. The number of alkyl halides is 1. The molecule has 1 fully saturated rings. The van der Waals surface area contributed by atoms with Gasteiger partial charge in [-0.2, -0.15) is 0 Å². The molecule has 6 heteroatoms. The van der Waals surface area contributed by atoms with Crippen molar-refractivity contribution in [1.82, 2.24) is 4.72 Å². The van der Waals surface area contributed by atoms with Crippen LogP contribution in [0.1, 0.15) is 25.7 Å². The lowest BCUT2D eigenvalue weighted by atomic mass is 10.0. The Bertz CT molecular complexity index is 521. The average Bonchev–Trinajstić information content (AvgIpc) is 2.87. The third kappa shape index (κ3) is 3.22. The molecule has 0 spiro atoms. The second-order valence-electron chi connectivity index (χ2n) is 4.90. The normalized spacial score (nSPS) is 18.4. The smallest absolute Gasteiger partial charge is 0.241 e. The molecule has 1 aliphatic carbocycles. The highest BCUT2D eigenvalue weighted by atomic mass is 35.5. The van der Waals surface area contributed by atoms with Crippen LogP contribution in [0.5, 0.6) is 5.75 Å². The van der Waals surface area contributed by atoms with Crippen LogP contribution in [0.15, 0.2) is 29.2 Å². The van der Waals surface area contributed by atoms with E-state index >= 15 is 0 Å². The van der Waals surface area contributed by atoms with E-state index in [1.165, 1.54) is 12.1 Å². The predicted octanol–water partition coefficient (Wildman–Crippen LogP) is 2.53. The molecule has 0 aromatic heterocycles. The van der Waals surface area contributed by atoms with Crippen LogP contribution in [-0.4, -0.2) is 26.9 Å². The lowest BCUT2D eigenvalue weighted by Gasteiger charge is -2.27. The number of hydrogen-bond donors (Lipinski definition) is 1. The highest BCUT2D eigenvalue weighted by Gasteiger charge is 2.37. The Hall–Kier alpha value is -0.780. The summed E-state index contributed by atoms with van der Waals surface area (Å²) < 4.78 is 32.5. The summed E-state index contributed by atoms with van der Waals surface area (Å²) in [5.74, 6) is 0.939. The van der Waals surface area contributed by atoms with Crippen molar-refractivity contribution in [2.75, 3.05) is 13.0 Å². The first-order valence-electron chi connectivity index (χ1n) is 6.25. The third-order valence-corrected chi connectivity index (χ3v) is 5.64. The summed E-state index contributed by atoms with van der Waals surface area (Å²) in [5.41, 5.74) is -0.486. The van der Waals surface area contributed by atoms with Gasteiger partial charge in [-0.3, -0.25) is 0 Å². The number of rotatable bonds is 5. The number of sulfonamides is 1. The number of nitrogens with one attached hydrogen (secondary N) is 1. The fraction of sp³-hybridized carbons (Fsp3) is 0.538. The van der Waals surface area contributed by atoms with Crippen molar-refractivity contribution in [1.29, 1.82) is 0 Å². The zero-order valence-corrected chi connectivity index (χ0v) is 12.4. The molecule has 2 rings (SSSR count). The largest absolute Gasteiger partial charge is 0.497 e. The molecular weight excluding hydrogens is 286 g/mol. The Balaban J connectivity index is 2.21. The highest BCUT2D eigenvalue weighted by Crippen LogP contribution is 2.32. The van der Waals surface area contributed by atoms with Gasteiger partial charge in [0, 0.05) is 11.4 Å². The summed E-state index contributed by atoms with van der Waals surface area (Å²) in [7, 11) is -1.98. The van der Waals surface area contributed by atoms with Crippen molar-refractivity contribution >= 4 is 21.6 Å². The standard InChI is InChI=1S/C13H18ClNO3S/c1-18-11-4-6-12(7-5-11)19(16,17)15-13(10-14)8-2-3-9-13/h4-7,15H,2-3,8-10H2,1H3. The zero-order chi connectivity index (χ0) is 13.9. The van der Waals surface area contributed by atoms with E-state index in [4.69, 9.17) is 16.3 Å². The van der Waals surface area contributed by atoms with Crippen LogP contribution in [0.3, 0.4) is 0 Å². The van der Waals surface area contributed by atoms with Crippen molar-refractivity contribution in [3.8, 4) is 5.75 Å². The fourth-order valence-electron chi connectivity index (χ4n) is 2.41. The molecule has 0 saturated heterocycles. The molecule has 0 unspecified atom stereocenters. The van der Waals surface area contributed by atoms with E-state index in [9.17, 15) is 8.42 Å². The average molecular weight is 304 g/mol. The monoisotopic (exact) mass is 303 g/mol. The Morgan fingerprint density at radius 1 is 1.26 bits per heavy atom. The molecule has 0 heterocycles. The molecule has 19 heavy (non-hydrogen) atoms. The Labute approximate surface area is 119 Å². The summed E-state index contributed by atoms with van der Waals surface area (Å²) in [5, 5.41) is 0. The van der Waals surface area contributed by atoms with Gasteiger partial charge in [0.05, 0.1) is 12.0 Å². The second kappa shape index (κ2) is 5.69. The maximum atomic E-state index is 12.3. The quantitative estimate of drug-likeness (QED) is 0.850. The zero-order valence-electron chi connectivity index (χ0n) is 10.9. The predicted molar refractivity (Wildman–Crippen MR) is 75.2 cm³/mol. The Morgan fingerprint density at radius 2 is 1.84 bits per heavy atom. The van der Waals surface area contributed by atoms with Crippen molar-refractivity contribution in [2.45, 2.75) is 36.1 Å². The van der Waals surface area contributed by atoms with E-state index in [0.29, 0.717) is 11.6 Å². The van der Waals surface area contributed by atoms with E-state index in [0.717, 1.165) is 25.7 Å². The summed E-state index contributed by atoms with van der Waals surface area (Å²) in [6, 6.07) is 6.35. The van der Waals surface area contributed by atoms with Crippen LogP contribution in [0, 0.1) is 0 Å². The summed E-state index contributed by atoms with van der Waals surface area (Å²) in [4.78, 5) is 0.240. The fourth-order valence-corrected chi connectivity index (χ4v) is 4.29. The molecule has 0 amide bonds. The van der Waals surface area contributed by atoms with E-state index < -0.39 is 15.6 Å². The highest BCUT2D eigenvalue weighted by molar-refractivity contribution is 7.89. The van der Waals surface area contributed by atoms with E-state index in [2.05, 4.69) is 4.72 Å². The maximum Gasteiger partial charge on any atom is 0.241 e. The molecule has 0 radical (unpaired) electrons. The molecule has 1 aliphatic rings. The van der Waals surface area contributed by atoms with E-state index in [1.807, 2.05) is 0 Å². The number of halogens is 1. The number of ether oxygens (including phenoxy) is 1. The van der Waals surface area contributed by atoms with Crippen LogP contribution >= 0.6 is 11.6 Å². The van der Waals surface area contributed by atoms with Gasteiger partial charge in [-0.05, 0) is 37.1 Å². The van der Waals surface area contributed by atoms with Gasteiger partial charge in [0.15, 0.2) is 0 Å². The minimum absolute atomic E-state index is 0.240. The molecule has 0 bridgehead atoms. The first-order chi connectivity index (χ1) is 9.01. The second-order valence-corrected chi connectivity index (χ2v) is 6.85. The van der Waals surface area contributed by atoms with Gasteiger partial charge in [-0.1, -0.05) is 12.8 Å². The van der Waals surface area contributed by atoms with Crippen LogP contribution < -0.4 is 9.46 Å². The first kappa shape index (κ1) is 14.6. The van der Waals surface area contributed by atoms with E-state index in [1.54, 1.807) is 19.2 Å². The van der Waals surface area contributed by atoms with Gasteiger partial charge in [-0.15, -0.1) is 11.6 Å². The number of methoxy groups -OCH3 is 1. The van der Waals surface area contributed by atoms with Gasteiger partial charge in [0.1, 0.15) is 5.75 Å². The van der Waals surface area contributed by atoms with Crippen LogP contribution in [0.25, 0.3) is 0 Å². The van der Waals surface area contributed by atoms with Gasteiger partial charge < -0.3 is 4.74 Å². The van der Waals surface area contributed by atoms with Gasteiger partial charge in [0.25, 0.3) is 0 Å². The molecule has 0 atom stereocenters. The third-order valence-electron chi connectivity index (χ3n) is 3.54. The summed E-state index contributed by atoms with van der Waals surface area (Å²) in [6.45, 7) is 0. The Kier molecular flexibility index (Phi) is 4.38. The van der Waals surface area contributed by atoms with Crippen LogP contribution in [0.2, 0.25) is 0 Å². The minimum Gasteiger partial charge on any atom is -0.497 e. The van der Waals surface area contributed by atoms with Crippen molar-refractivity contribution < 1.29 is 13.2 Å². The summed E-state index contributed by atoms with van der Waals surface area (Å²) in [6.07, 6.45) is 3.62. The lowest BCUT2D eigenvalue weighted by Crippen LogP contribution is -2.47. The molecule has 0 aliphatic heterocycles. The maximum absolute atomic E-state index is 12.3. The van der Waals surface area contributed by atoms with Crippen LogP contribution in [-0.2, 0) is 10.0 Å².